The first kappa shape index (κ1) is 20.5. The van der Waals surface area contributed by atoms with Crippen LogP contribution in [0.5, 0.6) is 0 Å². The molecule has 0 fully saturated rings. The number of anilines is 1. The first-order chi connectivity index (χ1) is 14.3. The Hall–Kier alpha value is -4.20. The van der Waals surface area contributed by atoms with E-state index in [9.17, 15) is 19.5 Å². The lowest BCUT2D eigenvalue weighted by molar-refractivity contribution is -0.114. The summed E-state index contributed by atoms with van der Waals surface area (Å²) in [6, 6.07) is 14.7. The van der Waals surface area contributed by atoms with Crippen molar-refractivity contribution in [2.24, 2.45) is 5.10 Å². The van der Waals surface area contributed by atoms with E-state index in [1.807, 2.05) is 0 Å². The van der Waals surface area contributed by atoms with Crippen LogP contribution in [0.15, 0.2) is 64.1 Å². The molecule has 0 aliphatic heterocycles. The van der Waals surface area contributed by atoms with Crippen LogP contribution in [0.2, 0.25) is 0 Å². The number of amides is 2. The molecule has 0 bridgehead atoms. The van der Waals surface area contributed by atoms with Crippen LogP contribution in [0.1, 0.15) is 39.0 Å². The van der Waals surface area contributed by atoms with Gasteiger partial charge in [0.15, 0.2) is 0 Å². The van der Waals surface area contributed by atoms with E-state index < -0.39 is 11.9 Å². The summed E-state index contributed by atoms with van der Waals surface area (Å²) in [7, 11) is 0. The van der Waals surface area contributed by atoms with Gasteiger partial charge in [0.25, 0.3) is 5.91 Å². The van der Waals surface area contributed by atoms with Crippen LogP contribution in [0.4, 0.5) is 5.69 Å². The highest BCUT2D eigenvalue weighted by Gasteiger charge is 2.13. The van der Waals surface area contributed by atoms with Crippen LogP contribution < -0.4 is 10.7 Å². The Morgan fingerprint density at radius 3 is 2.43 bits per heavy atom. The van der Waals surface area contributed by atoms with Crippen molar-refractivity contribution in [1.29, 1.82) is 0 Å². The number of hydrogen-bond acceptors (Lipinski definition) is 5. The molecule has 1 heterocycles. The highest BCUT2D eigenvalue weighted by molar-refractivity contribution is 5.96. The number of carbonyl (C=O) groups excluding carboxylic acids is 2. The zero-order valence-electron chi connectivity index (χ0n) is 16.3. The lowest BCUT2D eigenvalue weighted by Crippen LogP contribution is -2.17. The van der Waals surface area contributed by atoms with Crippen molar-refractivity contribution in [3.05, 3.63) is 77.0 Å². The molecule has 8 heteroatoms. The van der Waals surface area contributed by atoms with Gasteiger partial charge in [0.1, 0.15) is 11.5 Å². The number of aromatic carboxylic acids is 1. The number of carboxylic acids is 1. The molecule has 2 amide bonds. The largest absolute Gasteiger partial charge is 0.478 e. The number of furan rings is 1. The molecular weight excluding hydrogens is 386 g/mol. The molecule has 0 atom stereocenters. The number of hydrogen-bond donors (Lipinski definition) is 3. The highest BCUT2D eigenvalue weighted by atomic mass is 16.4. The van der Waals surface area contributed by atoms with Gasteiger partial charge in [-0.1, -0.05) is 12.1 Å². The maximum absolute atomic E-state index is 12.1. The van der Waals surface area contributed by atoms with E-state index in [0.29, 0.717) is 33.9 Å². The number of nitrogens with one attached hydrogen (secondary N) is 2. The van der Waals surface area contributed by atoms with Gasteiger partial charge in [-0.25, -0.2) is 10.2 Å². The third-order valence-corrected chi connectivity index (χ3v) is 4.28. The highest BCUT2D eigenvalue weighted by Crippen LogP contribution is 2.27. The van der Waals surface area contributed by atoms with Crippen LogP contribution in [-0.4, -0.2) is 29.1 Å². The SMILES string of the molecule is CC(=O)Nc1ccc(C(=O)N/N=C\c2ccc(-c3cccc(C(=O)O)c3C)o2)cc1. The van der Waals surface area contributed by atoms with E-state index in [-0.39, 0.29) is 11.5 Å². The fraction of sp³-hybridized carbons (Fsp3) is 0.0909. The van der Waals surface area contributed by atoms with Gasteiger partial charge in [-0.05, 0) is 55.0 Å². The summed E-state index contributed by atoms with van der Waals surface area (Å²) in [5, 5.41) is 15.7. The fourth-order valence-corrected chi connectivity index (χ4v) is 2.83. The predicted octanol–water partition coefficient (Wildman–Crippen LogP) is 3.68. The Bertz CT molecular complexity index is 1130. The minimum Gasteiger partial charge on any atom is -0.478 e. The van der Waals surface area contributed by atoms with Crippen LogP contribution in [0, 0.1) is 6.92 Å². The van der Waals surface area contributed by atoms with Crippen molar-refractivity contribution in [3.63, 3.8) is 0 Å². The van der Waals surface area contributed by atoms with Crippen molar-refractivity contribution in [3.8, 4) is 11.3 Å². The average Bonchev–Trinajstić information content (AvgIpc) is 3.16. The van der Waals surface area contributed by atoms with E-state index in [2.05, 4.69) is 15.8 Å². The lowest BCUT2D eigenvalue weighted by atomic mass is 10.0. The maximum Gasteiger partial charge on any atom is 0.335 e. The molecule has 1 aromatic heterocycles. The molecule has 0 unspecified atom stereocenters. The normalized spacial score (nSPS) is 10.7. The second-order valence-electron chi connectivity index (χ2n) is 6.44. The zero-order valence-corrected chi connectivity index (χ0v) is 16.3. The Labute approximate surface area is 172 Å². The van der Waals surface area contributed by atoms with Gasteiger partial charge in [-0.3, -0.25) is 9.59 Å². The van der Waals surface area contributed by atoms with Crippen molar-refractivity contribution in [2.75, 3.05) is 5.32 Å². The summed E-state index contributed by atoms with van der Waals surface area (Å²) < 4.78 is 5.69. The first-order valence-corrected chi connectivity index (χ1v) is 8.99. The average molecular weight is 405 g/mol. The molecule has 2 aromatic carbocycles. The van der Waals surface area contributed by atoms with Crippen molar-refractivity contribution >= 4 is 29.7 Å². The van der Waals surface area contributed by atoms with Crippen molar-refractivity contribution in [2.45, 2.75) is 13.8 Å². The molecule has 30 heavy (non-hydrogen) atoms. The minimum absolute atomic E-state index is 0.195. The van der Waals surface area contributed by atoms with Gasteiger partial charge in [0, 0.05) is 23.7 Å². The second kappa shape index (κ2) is 8.87. The Morgan fingerprint density at radius 2 is 1.77 bits per heavy atom. The zero-order chi connectivity index (χ0) is 21.7. The number of carboxylic acid groups (broad SMARTS) is 1. The topological polar surface area (TPSA) is 121 Å². The molecule has 0 radical (unpaired) electrons. The number of benzene rings is 2. The van der Waals surface area contributed by atoms with E-state index in [4.69, 9.17) is 4.42 Å². The standard InChI is InChI=1S/C22H19N3O5/c1-13-18(4-3-5-19(13)22(28)29)20-11-10-17(30-20)12-23-25-21(27)15-6-8-16(9-7-15)24-14(2)26/h3-12H,1-2H3,(H,24,26)(H,25,27)(H,28,29)/b23-12-. The van der Waals surface area contributed by atoms with Gasteiger partial charge in [0.2, 0.25) is 5.91 Å². The number of nitrogens with zero attached hydrogens (tertiary/aromatic N) is 1. The van der Waals surface area contributed by atoms with Gasteiger partial charge in [-0.15, -0.1) is 0 Å². The van der Waals surface area contributed by atoms with Gasteiger partial charge in [0.05, 0.1) is 11.8 Å². The summed E-state index contributed by atoms with van der Waals surface area (Å²) in [5.41, 5.74) is 4.83. The molecule has 8 nitrogen and oxygen atoms in total. The van der Waals surface area contributed by atoms with Crippen molar-refractivity contribution in [1.82, 2.24) is 5.43 Å². The van der Waals surface area contributed by atoms with E-state index >= 15 is 0 Å². The Balaban J connectivity index is 1.66. The van der Waals surface area contributed by atoms with E-state index in [1.54, 1.807) is 55.5 Å². The Morgan fingerprint density at radius 1 is 1.03 bits per heavy atom. The molecule has 0 saturated carbocycles. The Kier molecular flexibility index (Phi) is 6.07. The van der Waals surface area contributed by atoms with Crippen LogP contribution in [-0.2, 0) is 4.79 Å². The molecule has 0 aliphatic carbocycles. The smallest absolute Gasteiger partial charge is 0.335 e. The molecule has 3 aromatic rings. The summed E-state index contributed by atoms with van der Waals surface area (Å²) in [6.45, 7) is 3.12. The maximum atomic E-state index is 12.1. The quantitative estimate of drug-likeness (QED) is 0.427. The molecule has 3 N–H and O–H groups in total. The van der Waals surface area contributed by atoms with Gasteiger partial charge >= 0.3 is 5.97 Å². The molecule has 0 spiro atoms. The second-order valence-corrected chi connectivity index (χ2v) is 6.44. The number of hydrazone groups is 1. The summed E-state index contributed by atoms with van der Waals surface area (Å²) in [4.78, 5) is 34.5. The monoisotopic (exact) mass is 405 g/mol. The summed E-state index contributed by atoms with van der Waals surface area (Å²) >= 11 is 0. The van der Waals surface area contributed by atoms with Crippen LogP contribution >= 0.6 is 0 Å². The predicted molar refractivity (Wildman–Crippen MR) is 112 cm³/mol. The number of carbonyl (C=O) groups is 3. The third kappa shape index (κ3) is 4.79. The van der Waals surface area contributed by atoms with Crippen LogP contribution in [0.25, 0.3) is 11.3 Å². The van der Waals surface area contributed by atoms with Gasteiger partial charge < -0.3 is 14.8 Å². The molecular formula is C22H19N3O5. The lowest BCUT2D eigenvalue weighted by Gasteiger charge is -2.05. The van der Waals surface area contributed by atoms with Crippen molar-refractivity contribution < 1.29 is 23.9 Å². The van der Waals surface area contributed by atoms with E-state index in [1.165, 1.54) is 19.2 Å². The fourth-order valence-electron chi connectivity index (χ4n) is 2.83. The molecule has 152 valence electrons. The minimum atomic E-state index is -1.00. The number of rotatable bonds is 6. The third-order valence-electron chi connectivity index (χ3n) is 4.28. The van der Waals surface area contributed by atoms with E-state index in [0.717, 1.165) is 0 Å². The molecule has 3 rings (SSSR count). The van der Waals surface area contributed by atoms with Gasteiger partial charge in [-0.2, -0.15) is 5.10 Å². The molecule has 0 saturated heterocycles. The van der Waals surface area contributed by atoms with Crippen LogP contribution in [0.3, 0.4) is 0 Å². The summed E-state index contributed by atoms with van der Waals surface area (Å²) in [5.74, 6) is -0.726. The summed E-state index contributed by atoms with van der Waals surface area (Å²) in [6.07, 6.45) is 1.35. The first-order valence-electron chi connectivity index (χ1n) is 8.99. The molecule has 0 aliphatic rings.